The Hall–Kier alpha value is -3.16. The zero-order valence-electron chi connectivity index (χ0n) is 20.3. The van der Waals surface area contributed by atoms with E-state index in [1.165, 1.54) is 5.56 Å². The van der Waals surface area contributed by atoms with Crippen LogP contribution in [0.15, 0.2) is 33.9 Å². The number of aromatic nitrogens is 4. The fraction of sp³-hybridized carbons (Fsp3) is 0.538. The van der Waals surface area contributed by atoms with Gasteiger partial charge in [0.15, 0.2) is 11.2 Å². The minimum atomic E-state index is -0.420. The second-order valence-corrected chi connectivity index (χ2v) is 9.10. The first-order valence-corrected chi connectivity index (χ1v) is 12.7. The van der Waals surface area contributed by atoms with E-state index in [-0.39, 0.29) is 5.91 Å². The van der Waals surface area contributed by atoms with Gasteiger partial charge in [-0.05, 0) is 37.3 Å². The van der Waals surface area contributed by atoms with Crippen LogP contribution in [-0.4, -0.2) is 31.6 Å². The summed E-state index contributed by atoms with van der Waals surface area (Å²) in [5.41, 5.74) is 2.26. The zero-order valence-corrected chi connectivity index (χ0v) is 20.3. The number of anilines is 1. The van der Waals surface area contributed by atoms with Crippen molar-refractivity contribution in [1.82, 2.24) is 19.1 Å². The van der Waals surface area contributed by atoms with Crippen LogP contribution in [0, 0.1) is 0 Å². The molecule has 0 spiro atoms. The van der Waals surface area contributed by atoms with Crippen molar-refractivity contribution in [2.45, 2.75) is 84.7 Å². The highest BCUT2D eigenvalue weighted by Crippen LogP contribution is 2.27. The van der Waals surface area contributed by atoms with E-state index in [1.807, 2.05) is 27.7 Å². The van der Waals surface area contributed by atoms with Gasteiger partial charge in [0.1, 0.15) is 5.82 Å². The molecule has 0 saturated carbocycles. The number of benzene rings is 1. The Balaban J connectivity index is 1.65. The maximum atomic E-state index is 13.2. The quantitative estimate of drug-likeness (QED) is 0.461. The van der Waals surface area contributed by atoms with Crippen molar-refractivity contribution in [2.24, 2.45) is 0 Å². The first kappa shape index (κ1) is 24.0. The third-order valence-corrected chi connectivity index (χ3v) is 6.66. The first-order valence-electron chi connectivity index (χ1n) is 12.7. The molecule has 1 amide bonds. The third kappa shape index (κ3) is 4.86. The summed E-state index contributed by atoms with van der Waals surface area (Å²) in [5, 5.41) is 0. The molecule has 1 aliphatic heterocycles. The molecule has 8 heteroatoms. The SMILES string of the molecule is CCCCCn1c(CCC(=O)N2CCCc3ccccc32)nc2c1c(=O)[nH]c(=O)n2CCCC. The number of nitrogens with one attached hydrogen (secondary N) is 1. The summed E-state index contributed by atoms with van der Waals surface area (Å²) in [6.45, 7) is 6.08. The summed E-state index contributed by atoms with van der Waals surface area (Å²) < 4.78 is 3.51. The number of hydrogen-bond acceptors (Lipinski definition) is 4. The number of aromatic amines is 1. The topological polar surface area (TPSA) is 93.0 Å². The Morgan fingerprint density at radius 1 is 1.03 bits per heavy atom. The number of imidazole rings is 1. The lowest BCUT2D eigenvalue weighted by Gasteiger charge is -2.29. The summed E-state index contributed by atoms with van der Waals surface area (Å²) in [5.74, 6) is 0.766. The number of para-hydroxylation sites is 1. The number of carbonyl (C=O) groups excluding carboxylic acids is 1. The van der Waals surface area contributed by atoms with E-state index < -0.39 is 11.2 Å². The van der Waals surface area contributed by atoms with Gasteiger partial charge < -0.3 is 9.47 Å². The fourth-order valence-electron chi connectivity index (χ4n) is 4.84. The van der Waals surface area contributed by atoms with E-state index >= 15 is 0 Å². The molecule has 1 aromatic carbocycles. The van der Waals surface area contributed by atoms with Crippen LogP contribution in [0.4, 0.5) is 5.69 Å². The van der Waals surface area contributed by atoms with Crippen molar-refractivity contribution in [3.05, 3.63) is 56.5 Å². The molecular weight excluding hydrogens is 430 g/mol. The van der Waals surface area contributed by atoms with Crippen molar-refractivity contribution in [3.63, 3.8) is 0 Å². The number of amides is 1. The van der Waals surface area contributed by atoms with Crippen molar-refractivity contribution in [2.75, 3.05) is 11.4 Å². The second-order valence-electron chi connectivity index (χ2n) is 9.10. The maximum absolute atomic E-state index is 13.2. The van der Waals surface area contributed by atoms with Gasteiger partial charge in [0.25, 0.3) is 5.56 Å². The number of carbonyl (C=O) groups is 1. The molecule has 0 radical (unpaired) electrons. The maximum Gasteiger partial charge on any atom is 0.330 e. The van der Waals surface area contributed by atoms with Gasteiger partial charge in [-0.25, -0.2) is 9.78 Å². The number of hydrogen-bond donors (Lipinski definition) is 1. The minimum Gasteiger partial charge on any atom is -0.322 e. The van der Waals surface area contributed by atoms with Crippen LogP contribution in [0.25, 0.3) is 11.2 Å². The third-order valence-electron chi connectivity index (χ3n) is 6.66. The predicted octanol–water partition coefficient (Wildman–Crippen LogP) is 3.79. The molecule has 0 saturated heterocycles. The lowest BCUT2D eigenvalue weighted by molar-refractivity contribution is -0.118. The average molecular weight is 466 g/mol. The van der Waals surface area contributed by atoms with Gasteiger partial charge in [-0.1, -0.05) is 51.3 Å². The molecule has 182 valence electrons. The van der Waals surface area contributed by atoms with Crippen LogP contribution in [0.1, 0.15) is 70.2 Å². The summed E-state index contributed by atoms with van der Waals surface area (Å²) in [4.78, 5) is 47.7. The number of unbranched alkanes of at least 4 members (excludes halogenated alkanes) is 3. The summed E-state index contributed by atoms with van der Waals surface area (Å²) in [7, 11) is 0. The summed E-state index contributed by atoms with van der Waals surface area (Å²) in [6.07, 6.45) is 7.46. The Morgan fingerprint density at radius 3 is 2.59 bits per heavy atom. The molecular formula is C26H35N5O3. The molecule has 3 heterocycles. The predicted molar refractivity (Wildman–Crippen MR) is 134 cm³/mol. The average Bonchev–Trinajstić information content (AvgIpc) is 3.21. The number of rotatable bonds is 10. The molecule has 0 aliphatic carbocycles. The van der Waals surface area contributed by atoms with Gasteiger partial charge in [-0.2, -0.15) is 0 Å². The molecule has 3 aromatic rings. The molecule has 0 bridgehead atoms. The number of aryl methyl sites for hydroxylation is 4. The molecule has 8 nitrogen and oxygen atoms in total. The van der Waals surface area contributed by atoms with E-state index in [9.17, 15) is 14.4 Å². The van der Waals surface area contributed by atoms with Gasteiger partial charge in [0.05, 0.1) is 0 Å². The normalized spacial score (nSPS) is 13.4. The van der Waals surface area contributed by atoms with Crippen LogP contribution in [0.5, 0.6) is 0 Å². The number of nitrogens with zero attached hydrogens (tertiary/aromatic N) is 4. The van der Waals surface area contributed by atoms with Crippen LogP contribution >= 0.6 is 0 Å². The highest BCUT2D eigenvalue weighted by Gasteiger charge is 2.24. The molecule has 4 rings (SSSR count). The van der Waals surface area contributed by atoms with Gasteiger partial charge >= 0.3 is 5.69 Å². The van der Waals surface area contributed by atoms with Crippen molar-refractivity contribution >= 4 is 22.8 Å². The minimum absolute atomic E-state index is 0.0663. The van der Waals surface area contributed by atoms with Crippen molar-refractivity contribution in [3.8, 4) is 0 Å². The molecule has 1 N–H and O–H groups in total. The van der Waals surface area contributed by atoms with E-state index in [1.54, 1.807) is 4.57 Å². The monoisotopic (exact) mass is 465 g/mol. The summed E-state index contributed by atoms with van der Waals surface area (Å²) in [6, 6.07) is 8.09. The Kier molecular flexibility index (Phi) is 7.65. The van der Waals surface area contributed by atoms with Crippen LogP contribution in [0.2, 0.25) is 0 Å². The van der Waals surface area contributed by atoms with Gasteiger partial charge in [-0.3, -0.25) is 19.1 Å². The van der Waals surface area contributed by atoms with E-state index in [0.717, 1.165) is 57.2 Å². The van der Waals surface area contributed by atoms with E-state index in [2.05, 4.69) is 24.9 Å². The zero-order chi connectivity index (χ0) is 24.1. The Morgan fingerprint density at radius 2 is 1.79 bits per heavy atom. The van der Waals surface area contributed by atoms with Gasteiger partial charge in [-0.15, -0.1) is 0 Å². The van der Waals surface area contributed by atoms with Gasteiger partial charge in [0.2, 0.25) is 5.91 Å². The largest absolute Gasteiger partial charge is 0.330 e. The van der Waals surface area contributed by atoms with Crippen molar-refractivity contribution in [1.29, 1.82) is 0 Å². The standard InChI is InChI=1S/C26H35N5O3/c1-3-5-9-17-30-21(27-24-23(30)25(33)28-26(34)31(24)16-6-4-2)14-15-22(32)29-18-10-12-19-11-7-8-13-20(19)29/h7-8,11,13H,3-6,9-10,12,14-18H2,1-2H3,(H,28,33,34). The lowest BCUT2D eigenvalue weighted by Crippen LogP contribution is -2.35. The molecule has 0 atom stereocenters. The lowest BCUT2D eigenvalue weighted by atomic mass is 10.0. The Labute approximate surface area is 199 Å². The summed E-state index contributed by atoms with van der Waals surface area (Å²) >= 11 is 0. The van der Waals surface area contributed by atoms with Crippen molar-refractivity contribution < 1.29 is 4.79 Å². The van der Waals surface area contributed by atoms with Gasteiger partial charge in [0, 0.05) is 38.2 Å². The molecule has 0 unspecified atom stereocenters. The highest BCUT2D eigenvalue weighted by atomic mass is 16.2. The molecule has 2 aromatic heterocycles. The highest BCUT2D eigenvalue weighted by molar-refractivity contribution is 5.94. The molecule has 1 aliphatic rings. The van der Waals surface area contributed by atoms with E-state index in [4.69, 9.17) is 4.98 Å². The Bertz CT molecular complexity index is 1270. The van der Waals surface area contributed by atoms with Crippen LogP contribution in [0.3, 0.4) is 0 Å². The van der Waals surface area contributed by atoms with Crippen LogP contribution < -0.4 is 16.1 Å². The second kappa shape index (κ2) is 10.8. The number of fused-ring (bicyclic) bond motifs is 2. The molecule has 34 heavy (non-hydrogen) atoms. The smallest absolute Gasteiger partial charge is 0.322 e. The molecule has 0 fully saturated rings. The van der Waals surface area contributed by atoms with Crippen LogP contribution in [-0.2, 0) is 30.7 Å². The number of H-pyrrole nitrogens is 1. The first-order chi connectivity index (χ1) is 16.5. The van der Waals surface area contributed by atoms with E-state index in [0.29, 0.717) is 42.9 Å². The fourth-order valence-corrected chi connectivity index (χ4v) is 4.84.